The predicted molar refractivity (Wildman–Crippen MR) is 96.2 cm³/mol. The van der Waals surface area contributed by atoms with Crippen molar-refractivity contribution in [2.24, 2.45) is 0 Å². The van der Waals surface area contributed by atoms with Crippen LogP contribution in [-0.2, 0) is 0 Å². The van der Waals surface area contributed by atoms with Gasteiger partial charge in [0, 0.05) is 16.0 Å². The van der Waals surface area contributed by atoms with Crippen LogP contribution in [0.25, 0.3) is 0 Å². The summed E-state index contributed by atoms with van der Waals surface area (Å²) in [5.41, 5.74) is 0.353. The summed E-state index contributed by atoms with van der Waals surface area (Å²) in [5.74, 6) is -1.75. The number of hydrogen-bond acceptors (Lipinski definition) is 4. The molecule has 0 radical (unpaired) electrons. The van der Waals surface area contributed by atoms with Gasteiger partial charge in [0.15, 0.2) is 0 Å². The molecule has 1 amide bonds. The molecular weight excluding hydrogens is 336 g/mol. The van der Waals surface area contributed by atoms with Gasteiger partial charge in [-0.2, -0.15) is 0 Å². The number of nitrogens with one attached hydrogen (secondary N) is 1. The van der Waals surface area contributed by atoms with Gasteiger partial charge in [0.25, 0.3) is 5.91 Å². The van der Waals surface area contributed by atoms with Crippen molar-refractivity contribution in [3.05, 3.63) is 84.2 Å². The number of aromatic nitrogens is 1. The van der Waals surface area contributed by atoms with Crippen LogP contribution in [0.1, 0.15) is 20.8 Å². The molecule has 0 saturated carbocycles. The molecule has 6 heteroatoms. The highest BCUT2D eigenvalue weighted by molar-refractivity contribution is 7.99. The highest BCUT2D eigenvalue weighted by atomic mass is 32.2. The Hall–Kier alpha value is -3.12. The second-order valence-electron chi connectivity index (χ2n) is 5.07. The van der Waals surface area contributed by atoms with Crippen molar-refractivity contribution < 1.29 is 14.7 Å². The number of carboxylic acids is 1. The molecule has 3 rings (SSSR count). The first-order valence-corrected chi connectivity index (χ1v) is 8.28. The SMILES string of the molecule is O=C(O)c1cccnc1C(=O)Nc1ccccc1Sc1ccccc1. The van der Waals surface area contributed by atoms with Crippen LogP contribution in [0.2, 0.25) is 0 Å². The van der Waals surface area contributed by atoms with Crippen molar-refractivity contribution in [3.63, 3.8) is 0 Å². The third kappa shape index (κ3) is 4.05. The standard InChI is InChI=1S/C19H14N2O3S/c22-18(17-14(19(23)24)9-6-12-20-17)21-15-10-4-5-11-16(15)25-13-7-2-1-3-8-13/h1-12H,(H,21,22)(H,23,24). The molecule has 0 saturated heterocycles. The van der Waals surface area contributed by atoms with Crippen LogP contribution in [0, 0.1) is 0 Å². The number of nitrogens with zero attached hydrogens (tertiary/aromatic N) is 1. The maximum atomic E-state index is 12.5. The maximum Gasteiger partial charge on any atom is 0.338 e. The molecule has 5 nitrogen and oxygen atoms in total. The number of aromatic carboxylic acids is 1. The average molecular weight is 350 g/mol. The second-order valence-corrected chi connectivity index (χ2v) is 6.19. The molecule has 1 aromatic heterocycles. The minimum absolute atomic E-state index is 0.116. The molecule has 0 unspecified atom stereocenters. The molecular formula is C19H14N2O3S. The monoisotopic (exact) mass is 350 g/mol. The third-order valence-corrected chi connectivity index (χ3v) is 4.44. The minimum Gasteiger partial charge on any atom is -0.478 e. The summed E-state index contributed by atoms with van der Waals surface area (Å²) in [6, 6.07) is 20.0. The fourth-order valence-electron chi connectivity index (χ4n) is 2.21. The van der Waals surface area contributed by atoms with Gasteiger partial charge < -0.3 is 10.4 Å². The fourth-order valence-corrected chi connectivity index (χ4v) is 3.14. The van der Waals surface area contributed by atoms with Crippen LogP contribution >= 0.6 is 11.8 Å². The molecule has 3 aromatic rings. The number of para-hydroxylation sites is 1. The number of amides is 1. The number of carbonyl (C=O) groups excluding carboxylic acids is 1. The van der Waals surface area contributed by atoms with Crippen LogP contribution < -0.4 is 5.32 Å². The van der Waals surface area contributed by atoms with Crippen LogP contribution in [0.3, 0.4) is 0 Å². The van der Waals surface area contributed by atoms with E-state index in [4.69, 9.17) is 0 Å². The number of carbonyl (C=O) groups is 2. The van der Waals surface area contributed by atoms with Crippen molar-refractivity contribution in [2.45, 2.75) is 9.79 Å². The average Bonchev–Trinajstić information content (AvgIpc) is 2.64. The van der Waals surface area contributed by atoms with E-state index in [1.807, 2.05) is 42.5 Å². The van der Waals surface area contributed by atoms with Crippen molar-refractivity contribution in [1.82, 2.24) is 4.98 Å². The van der Waals surface area contributed by atoms with E-state index in [0.717, 1.165) is 9.79 Å². The fraction of sp³-hybridized carbons (Fsp3) is 0. The molecule has 0 aliphatic heterocycles. The summed E-state index contributed by atoms with van der Waals surface area (Å²) < 4.78 is 0. The molecule has 25 heavy (non-hydrogen) atoms. The van der Waals surface area contributed by atoms with E-state index in [2.05, 4.69) is 10.3 Å². The molecule has 0 spiro atoms. The van der Waals surface area contributed by atoms with Gasteiger partial charge in [-0.05, 0) is 36.4 Å². The molecule has 0 fully saturated rings. The van der Waals surface area contributed by atoms with Crippen molar-refractivity contribution in [2.75, 3.05) is 5.32 Å². The Labute approximate surface area is 148 Å². The molecule has 1 heterocycles. The molecule has 0 aliphatic carbocycles. The van der Waals surface area contributed by atoms with Crippen molar-refractivity contribution in [3.8, 4) is 0 Å². The topological polar surface area (TPSA) is 79.3 Å². The van der Waals surface area contributed by atoms with Gasteiger partial charge in [0.05, 0.1) is 11.3 Å². The lowest BCUT2D eigenvalue weighted by molar-refractivity contribution is 0.0691. The van der Waals surface area contributed by atoms with Gasteiger partial charge in [0.1, 0.15) is 5.69 Å². The van der Waals surface area contributed by atoms with Gasteiger partial charge in [-0.3, -0.25) is 9.78 Å². The van der Waals surface area contributed by atoms with Crippen molar-refractivity contribution in [1.29, 1.82) is 0 Å². The highest BCUT2D eigenvalue weighted by Crippen LogP contribution is 2.33. The predicted octanol–water partition coefficient (Wildman–Crippen LogP) is 4.18. The number of anilines is 1. The lowest BCUT2D eigenvalue weighted by Crippen LogP contribution is -2.18. The zero-order chi connectivity index (χ0) is 17.6. The van der Waals surface area contributed by atoms with Crippen LogP contribution in [0.4, 0.5) is 5.69 Å². The van der Waals surface area contributed by atoms with Gasteiger partial charge in [-0.25, -0.2) is 4.79 Å². The molecule has 124 valence electrons. The lowest BCUT2D eigenvalue weighted by atomic mass is 10.2. The van der Waals surface area contributed by atoms with Gasteiger partial charge in [-0.1, -0.05) is 42.1 Å². The minimum atomic E-state index is -1.19. The van der Waals surface area contributed by atoms with Crippen LogP contribution in [-0.4, -0.2) is 22.0 Å². The van der Waals surface area contributed by atoms with Gasteiger partial charge in [-0.15, -0.1) is 0 Å². The lowest BCUT2D eigenvalue weighted by Gasteiger charge is -2.11. The first-order chi connectivity index (χ1) is 12.1. The van der Waals surface area contributed by atoms with E-state index >= 15 is 0 Å². The number of rotatable bonds is 5. The zero-order valence-corrected chi connectivity index (χ0v) is 13.9. The van der Waals surface area contributed by atoms with E-state index < -0.39 is 11.9 Å². The van der Waals surface area contributed by atoms with E-state index in [9.17, 15) is 14.7 Å². The van der Waals surface area contributed by atoms with E-state index in [1.54, 1.807) is 12.1 Å². The largest absolute Gasteiger partial charge is 0.478 e. The quantitative estimate of drug-likeness (QED) is 0.721. The number of carboxylic acid groups (broad SMARTS) is 1. The van der Waals surface area contributed by atoms with E-state index in [0.29, 0.717) is 5.69 Å². The first-order valence-electron chi connectivity index (χ1n) is 7.47. The summed E-state index contributed by atoms with van der Waals surface area (Å²) in [4.78, 5) is 29.6. The van der Waals surface area contributed by atoms with Gasteiger partial charge >= 0.3 is 5.97 Å². The molecule has 2 aromatic carbocycles. The van der Waals surface area contributed by atoms with Crippen LogP contribution in [0.5, 0.6) is 0 Å². The van der Waals surface area contributed by atoms with Crippen molar-refractivity contribution >= 4 is 29.3 Å². The number of benzene rings is 2. The summed E-state index contributed by atoms with van der Waals surface area (Å²) in [6.07, 6.45) is 1.39. The Balaban J connectivity index is 1.86. The maximum absolute atomic E-state index is 12.5. The zero-order valence-electron chi connectivity index (χ0n) is 13.0. The summed E-state index contributed by atoms with van der Waals surface area (Å²) in [5, 5.41) is 12.0. The third-order valence-electron chi connectivity index (χ3n) is 3.36. The smallest absolute Gasteiger partial charge is 0.338 e. The molecule has 0 atom stereocenters. The summed E-state index contributed by atoms with van der Waals surface area (Å²) >= 11 is 1.51. The Morgan fingerprint density at radius 1 is 0.920 bits per heavy atom. The number of hydrogen-bond donors (Lipinski definition) is 2. The Morgan fingerprint density at radius 2 is 1.64 bits per heavy atom. The molecule has 0 aliphatic rings. The first kappa shape index (κ1) is 16.7. The summed E-state index contributed by atoms with van der Waals surface area (Å²) in [6.45, 7) is 0. The summed E-state index contributed by atoms with van der Waals surface area (Å²) in [7, 11) is 0. The highest BCUT2D eigenvalue weighted by Gasteiger charge is 2.18. The molecule has 0 bridgehead atoms. The Kier molecular flexibility index (Phi) is 5.11. The Bertz CT molecular complexity index is 913. The van der Waals surface area contributed by atoms with Gasteiger partial charge in [0.2, 0.25) is 0 Å². The van der Waals surface area contributed by atoms with E-state index in [-0.39, 0.29) is 11.3 Å². The second kappa shape index (κ2) is 7.63. The number of pyridine rings is 1. The van der Waals surface area contributed by atoms with E-state index in [1.165, 1.54) is 30.1 Å². The van der Waals surface area contributed by atoms with Crippen LogP contribution in [0.15, 0.2) is 82.7 Å². The Morgan fingerprint density at radius 3 is 2.40 bits per heavy atom. The molecule has 2 N–H and O–H groups in total. The normalized spacial score (nSPS) is 10.2.